The lowest BCUT2D eigenvalue weighted by molar-refractivity contribution is 0.0606. The van der Waals surface area contributed by atoms with Gasteiger partial charge < -0.3 is 4.74 Å². The van der Waals surface area contributed by atoms with Crippen LogP contribution in [0.15, 0.2) is 29.3 Å². The van der Waals surface area contributed by atoms with Crippen molar-refractivity contribution >= 4 is 34.4 Å². The Kier molecular flexibility index (Phi) is 5.25. The number of benzene rings is 1. The van der Waals surface area contributed by atoms with E-state index in [2.05, 4.69) is 48.3 Å². The normalized spacial score (nSPS) is 10.5. The van der Waals surface area contributed by atoms with Crippen LogP contribution in [0.3, 0.4) is 0 Å². The molecule has 0 aliphatic heterocycles. The van der Waals surface area contributed by atoms with Crippen molar-refractivity contribution in [1.29, 1.82) is 0 Å². The molecule has 0 unspecified atom stereocenters. The highest BCUT2D eigenvalue weighted by Crippen LogP contribution is 2.32. The van der Waals surface area contributed by atoms with Crippen molar-refractivity contribution in [3.05, 3.63) is 40.4 Å². The van der Waals surface area contributed by atoms with Gasteiger partial charge in [0.05, 0.1) is 13.3 Å². The second kappa shape index (κ2) is 6.95. The molecule has 4 nitrogen and oxygen atoms in total. The zero-order valence-corrected chi connectivity index (χ0v) is 14.2. The molecule has 0 aliphatic carbocycles. The average molecular weight is 322 g/mol. The Balaban J connectivity index is 2.17. The van der Waals surface area contributed by atoms with Gasteiger partial charge in [-0.3, -0.25) is 4.31 Å². The van der Waals surface area contributed by atoms with Crippen LogP contribution in [-0.4, -0.2) is 24.6 Å². The Morgan fingerprint density at radius 1 is 1.38 bits per heavy atom. The highest BCUT2D eigenvalue weighted by atomic mass is 32.2. The maximum absolute atomic E-state index is 11.5. The summed E-state index contributed by atoms with van der Waals surface area (Å²) in [4.78, 5) is 17.5. The van der Waals surface area contributed by atoms with Crippen LogP contribution in [0.4, 0.5) is 5.13 Å². The first-order chi connectivity index (χ1) is 10.0. The van der Waals surface area contributed by atoms with Crippen molar-refractivity contribution in [2.24, 2.45) is 0 Å². The molecule has 0 atom stereocenters. The van der Waals surface area contributed by atoms with E-state index in [9.17, 15) is 4.79 Å². The Morgan fingerprint density at radius 2 is 2.14 bits per heavy atom. The molecule has 0 amide bonds. The van der Waals surface area contributed by atoms with Gasteiger partial charge in [-0.25, -0.2) is 9.78 Å². The fraction of sp³-hybridized carbons (Fsp3) is 0.333. The van der Waals surface area contributed by atoms with E-state index in [1.165, 1.54) is 29.6 Å². The number of methoxy groups -OCH3 is 1. The minimum absolute atomic E-state index is 0.342. The largest absolute Gasteiger partial charge is 0.465 e. The second-order valence-corrected chi connectivity index (χ2v) is 6.63. The Bertz CT molecular complexity index is 640. The highest BCUT2D eigenvalue weighted by molar-refractivity contribution is 8.00. The molecule has 0 fully saturated rings. The molecule has 21 heavy (non-hydrogen) atoms. The summed E-state index contributed by atoms with van der Waals surface area (Å²) in [6.45, 7) is 7.07. The summed E-state index contributed by atoms with van der Waals surface area (Å²) < 4.78 is 6.79. The Morgan fingerprint density at radius 3 is 2.76 bits per heavy atom. The maximum Gasteiger partial charge on any atom is 0.349 e. The summed E-state index contributed by atoms with van der Waals surface area (Å²) in [5.74, 6) is -0.342. The van der Waals surface area contributed by atoms with Crippen LogP contribution >= 0.6 is 23.3 Å². The third-order valence-corrected chi connectivity index (χ3v) is 5.31. The van der Waals surface area contributed by atoms with Crippen molar-refractivity contribution in [2.75, 3.05) is 18.0 Å². The van der Waals surface area contributed by atoms with Gasteiger partial charge in [0.2, 0.25) is 0 Å². The molecule has 0 spiro atoms. The quantitative estimate of drug-likeness (QED) is 0.613. The maximum atomic E-state index is 11.5. The van der Waals surface area contributed by atoms with Gasteiger partial charge in [-0.2, -0.15) is 0 Å². The van der Waals surface area contributed by atoms with Gasteiger partial charge in [0.15, 0.2) is 5.13 Å². The van der Waals surface area contributed by atoms with Gasteiger partial charge in [-0.05, 0) is 56.0 Å². The third-order valence-electron chi connectivity index (χ3n) is 3.07. The molecule has 1 aromatic carbocycles. The SMILES string of the molecule is CCN(Sc1ccc(C)c(C)c1)c1ncc(C(=O)OC)s1. The van der Waals surface area contributed by atoms with Gasteiger partial charge >= 0.3 is 5.97 Å². The number of anilines is 1. The van der Waals surface area contributed by atoms with E-state index < -0.39 is 0 Å². The predicted molar refractivity (Wildman–Crippen MR) is 88.2 cm³/mol. The molecule has 1 aromatic heterocycles. The lowest BCUT2D eigenvalue weighted by atomic mass is 10.1. The molecular weight excluding hydrogens is 304 g/mol. The van der Waals surface area contributed by atoms with Crippen molar-refractivity contribution in [3.8, 4) is 0 Å². The van der Waals surface area contributed by atoms with Gasteiger partial charge in [-0.1, -0.05) is 17.4 Å². The molecule has 1 heterocycles. The summed E-state index contributed by atoms with van der Waals surface area (Å²) >= 11 is 2.97. The molecule has 0 radical (unpaired) electrons. The minimum atomic E-state index is -0.342. The first-order valence-electron chi connectivity index (χ1n) is 6.62. The molecule has 0 saturated carbocycles. The number of thiazole rings is 1. The van der Waals surface area contributed by atoms with E-state index in [1.54, 1.807) is 18.1 Å². The van der Waals surface area contributed by atoms with Gasteiger partial charge in [0, 0.05) is 11.4 Å². The van der Waals surface area contributed by atoms with E-state index in [4.69, 9.17) is 4.74 Å². The van der Waals surface area contributed by atoms with E-state index in [0.717, 1.165) is 16.6 Å². The monoisotopic (exact) mass is 322 g/mol. The van der Waals surface area contributed by atoms with E-state index in [0.29, 0.717) is 4.88 Å². The minimum Gasteiger partial charge on any atom is -0.465 e. The number of esters is 1. The van der Waals surface area contributed by atoms with Crippen molar-refractivity contribution in [1.82, 2.24) is 4.98 Å². The van der Waals surface area contributed by atoms with Gasteiger partial charge in [0.25, 0.3) is 0 Å². The molecule has 2 rings (SSSR count). The topological polar surface area (TPSA) is 42.4 Å². The number of nitrogens with zero attached hydrogens (tertiary/aromatic N) is 2. The number of aryl methyl sites for hydroxylation is 2. The van der Waals surface area contributed by atoms with Crippen LogP contribution in [0.5, 0.6) is 0 Å². The molecule has 0 N–H and O–H groups in total. The number of hydrogen-bond acceptors (Lipinski definition) is 6. The Labute approximate surface area is 133 Å². The van der Waals surface area contributed by atoms with Gasteiger partial charge in [0.1, 0.15) is 4.88 Å². The summed E-state index contributed by atoms with van der Waals surface area (Å²) in [5, 5.41) is 0.807. The number of carbonyl (C=O) groups excluding carboxylic acids is 1. The number of aromatic nitrogens is 1. The van der Waals surface area contributed by atoms with Crippen LogP contribution in [0.25, 0.3) is 0 Å². The molecule has 0 saturated heterocycles. The number of carbonyl (C=O) groups is 1. The number of rotatable bonds is 5. The number of ether oxygens (including phenoxy) is 1. The van der Waals surface area contributed by atoms with Crippen molar-refractivity contribution < 1.29 is 9.53 Å². The highest BCUT2D eigenvalue weighted by Gasteiger charge is 2.15. The molecule has 2 aromatic rings. The van der Waals surface area contributed by atoms with E-state index in [1.807, 2.05) is 0 Å². The lowest BCUT2D eigenvalue weighted by Gasteiger charge is -2.18. The molecule has 0 aliphatic rings. The second-order valence-electron chi connectivity index (χ2n) is 4.53. The first-order valence-corrected chi connectivity index (χ1v) is 8.21. The predicted octanol–water partition coefficient (Wildman–Crippen LogP) is 4.08. The summed E-state index contributed by atoms with van der Waals surface area (Å²) in [6.07, 6.45) is 1.56. The van der Waals surface area contributed by atoms with Crippen molar-refractivity contribution in [2.45, 2.75) is 25.7 Å². The zero-order valence-electron chi connectivity index (χ0n) is 12.5. The van der Waals surface area contributed by atoms with Crippen LogP contribution < -0.4 is 4.31 Å². The zero-order chi connectivity index (χ0) is 15.4. The standard InChI is InChI=1S/C15H18N2O2S2/c1-5-17(15-16-9-13(20-15)14(18)19-4)21-12-7-6-10(2)11(3)8-12/h6-9H,5H2,1-4H3. The molecule has 0 bridgehead atoms. The Hall–Kier alpha value is -1.53. The summed E-state index contributed by atoms with van der Waals surface area (Å²) in [5.41, 5.74) is 2.55. The van der Waals surface area contributed by atoms with E-state index in [-0.39, 0.29) is 5.97 Å². The van der Waals surface area contributed by atoms with Crippen LogP contribution in [0, 0.1) is 13.8 Å². The van der Waals surface area contributed by atoms with E-state index >= 15 is 0 Å². The van der Waals surface area contributed by atoms with Crippen molar-refractivity contribution in [3.63, 3.8) is 0 Å². The molecular formula is C15H18N2O2S2. The van der Waals surface area contributed by atoms with Crippen LogP contribution in [0.1, 0.15) is 27.7 Å². The smallest absolute Gasteiger partial charge is 0.349 e. The average Bonchev–Trinajstić information content (AvgIpc) is 2.97. The van der Waals surface area contributed by atoms with Gasteiger partial charge in [-0.15, -0.1) is 0 Å². The summed E-state index contributed by atoms with van der Waals surface area (Å²) in [6, 6.07) is 6.38. The first kappa shape index (κ1) is 15.9. The fourth-order valence-corrected chi connectivity index (χ4v) is 3.61. The summed E-state index contributed by atoms with van der Waals surface area (Å²) in [7, 11) is 1.38. The number of hydrogen-bond donors (Lipinski definition) is 0. The molecule has 6 heteroatoms. The molecule has 112 valence electrons. The van der Waals surface area contributed by atoms with Crippen LogP contribution in [0.2, 0.25) is 0 Å². The van der Waals surface area contributed by atoms with Crippen LogP contribution in [-0.2, 0) is 4.74 Å². The lowest BCUT2D eigenvalue weighted by Crippen LogP contribution is -2.12. The fourth-order valence-electron chi connectivity index (χ4n) is 1.71. The third kappa shape index (κ3) is 3.77.